The Bertz CT molecular complexity index is 365. The number of hydrogen-bond acceptors (Lipinski definition) is 2. The SMILES string of the molecule is CNCC(=O)c1ccc(C)c(F)c1Br. The van der Waals surface area contributed by atoms with E-state index in [1.165, 1.54) is 0 Å². The lowest BCUT2D eigenvalue weighted by Crippen LogP contribution is -2.19. The molecule has 1 aromatic carbocycles. The third kappa shape index (κ3) is 2.19. The second-order valence-corrected chi connectivity index (χ2v) is 3.80. The van der Waals surface area contributed by atoms with Crippen molar-refractivity contribution in [3.8, 4) is 0 Å². The summed E-state index contributed by atoms with van der Waals surface area (Å²) in [5.74, 6) is -0.495. The van der Waals surface area contributed by atoms with Crippen molar-refractivity contribution < 1.29 is 9.18 Å². The molecule has 76 valence electrons. The van der Waals surface area contributed by atoms with Crippen molar-refractivity contribution in [2.24, 2.45) is 0 Å². The molecule has 4 heteroatoms. The fourth-order valence-electron chi connectivity index (χ4n) is 1.12. The predicted octanol–water partition coefficient (Wildman–Crippen LogP) is 2.30. The first-order chi connectivity index (χ1) is 6.57. The highest BCUT2D eigenvalue weighted by atomic mass is 79.9. The van der Waals surface area contributed by atoms with Crippen LogP contribution in [0.15, 0.2) is 16.6 Å². The van der Waals surface area contributed by atoms with E-state index >= 15 is 0 Å². The molecule has 0 aliphatic heterocycles. The third-order valence-corrected chi connectivity index (χ3v) is 2.69. The zero-order valence-corrected chi connectivity index (χ0v) is 9.61. The topological polar surface area (TPSA) is 29.1 Å². The molecule has 0 atom stereocenters. The molecular formula is C10H11BrFNO. The number of aryl methyl sites for hydroxylation is 1. The van der Waals surface area contributed by atoms with Gasteiger partial charge in [0.05, 0.1) is 11.0 Å². The molecule has 0 aromatic heterocycles. The van der Waals surface area contributed by atoms with Crippen LogP contribution in [0.4, 0.5) is 4.39 Å². The van der Waals surface area contributed by atoms with E-state index in [-0.39, 0.29) is 22.6 Å². The van der Waals surface area contributed by atoms with Crippen LogP contribution in [0.3, 0.4) is 0 Å². The fraction of sp³-hybridized carbons (Fsp3) is 0.300. The normalized spacial score (nSPS) is 10.3. The molecule has 2 nitrogen and oxygen atoms in total. The number of nitrogens with one attached hydrogen (secondary N) is 1. The molecule has 0 heterocycles. The lowest BCUT2D eigenvalue weighted by molar-refractivity contribution is 0.0992. The first-order valence-electron chi connectivity index (χ1n) is 4.20. The monoisotopic (exact) mass is 259 g/mol. The standard InChI is InChI=1S/C10H11BrFNO/c1-6-3-4-7(8(14)5-13-2)9(11)10(6)12/h3-4,13H,5H2,1-2H3. The van der Waals surface area contributed by atoms with Crippen LogP contribution >= 0.6 is 15.9 Å². The molecule has 0 bridgehead atoms. The van der Waals surface area contributed by atoms with Gasteiger partial charge in [-0.25, -0.2) is 4.39 Å². The van der Waals surface area contributed by atoms with Crippen molar-refractivity contribution in [3.63, 3.8) is 0 Å². The molecule has 0 radical (unpaired) electrons. The van der Waals surface area contributed by atoms with Gasteiger partial charge in [-0.2, -0.15) is 0 Å². The number of ketones is 1. The van der Waals surface area contributed by atoms with E-state index in [9.17, 15) is 9.18 Å². The number of benzene rings is 1. The number of halogens is 2. The summed E-state index contributed by atoms with van der Waals surface area (Å²) < 4.78 is 13.6. The highest BCUT2D eigenvalue weighted by Gasteiger charge is 2.13. The van der Waals surface area contributed by atoms with Crippen LogP contribution in [-0.2, 0) is 0 Å². The second-order valence-electron chi connectivity index (χ2n) is 3.01. The minimum atomic E-state index is -0.369. The van der Waals surface area contributed by atoms with Crippen molar-refractivity contribution in [2.75, 3.05) is 13.6 Å². The van der Waals surface area contributed by atoms with Crippen molar-refractivity contribution >= 4 is 21.7 Å². The number of carbonyl (C=O) groups is 1. The molecule has 0 fully saturated rings. The molecule has 0 aliphatic rings. The molecule has 0 saturated heterocycles. The van der Waals surface area contributed by atoms with Gasteiger partial charge in [0.25, 0.3) is 0 Å². The Kier molecular flexibility index (Phi) is 3.77. The van der Waals surface area contributed by atoms with E-state index in [1.807, 2.05) is 0 Å². The molecule has 14 heavy (non-hydrogen) atoms. The highest BCUT2D eigenvalue weighted by molar-refractivity contribution is 9.10. The van der Waals surface area contributed by atoms with Crippen molar-refractivity contribution in [1.29, 1.82) is 0 Å². The molecular weight excluding hydrogens is 249 g/mol. The summed E-state index contributed by atoms with van der Waals surface area (Å²) in [4.78, 5) is 11.5. The lowest BCUT2D eigenvalue weighted by atomic mass is 10.1. The number of rotatable bonds is 3. The van der Waals surface area contributed by atoms with Crippen LogP contribution in [0.1, 0.15) is 15.9 Å². The molecule has 0 saturated carbocycles. The van der Waals surface area contributed by atoms with Crippen molar-refractivity contribution in [3.05, 3.63) is 33.5 Å². The molecule has 1 N–H and O–H groups in total. The predicted molar refractivity (Wildman–Crippen MR) is 57.1 cm³/mol. The third-order valence-electron chi connectivity index (χ3n) is 1.91. The Morgan fingerprint density at radius 1 is 1.57 bits per heavy atom. The number of carbonyl (C=O) groups excluding carboxylic acids is 1. The Labute approximate surface area is 90.6 Å². The van der Waals surface area contributed by atoms with E-state index < -0.39 is 0 Å². The largest absolute Gasteiger partial charge is 0.313 e. The minimum Gasteiger partial charge on any atom is -0.313 e. The second kappa shape index (κ2) is 4.66. The van der Waals surface area contributed by atoms with Crippen LogP contribution in [0.2, 0.25) is 0 Å². The molecule has 0 aliphatic carbocycles. The van der Waals surface area contributed by atoms with Gasteiger partial charge < -0.3 is 5.32 Å². The summed E-state index contributed by atoms with van der Waals surface area (Å²) >= 11 is 3.08. The van der Waals surface area contributed by atoms with E-state index in [0.717, 1.165) is 0 Å². The molecule has 0 spiro atoms. The van der Waals surface area contributed by atoms with Gasteiger partial charge in [0.15, 0.2) is 5.78 Å². The summed E-state index contributed by atoms with van der Waals surface area (Å²) in [6.07, 6.45) is 0. The van der Waals surface area contributed by atoms with Gasteiger partial charge in [-0.3, -0.25) is 4.79 Å². The zero-order valence-electron chi connectivity index (χ0n) is 8.03. The summed E-state index contributed by atoms with van der Waals surface area (Å²) in [5.41, 5.74) is 0.903. The average Bonchev–Trinajstić information content (AvgIpc) is 2.15. The van der Waals surface area contributed by atoms with E-state index in [4.69, 9.17) is 0 Å². The van der Waals surface area contributed by atoms with Crippen LogP contribution in [0, 0.1) is 12.7 Å². The fourth-order valence-corrected chi connectivity index (χ4v) is 1.78. The summed E-state index contributed by atoms with van der Waals surface area (Å²) in [6.45, 7) is 1.87. The van der Waals surface area contributed by atoms with E-state index in [2.05, 4.69) is 21.2 Å². The number of Topliss-reactive ketones (excluding diaryl/α,β-unsaturated/α-hetero) is 1. The minimum absolute atomic E-state index is 0.127. The van der Waals surface area contributed by atoms with Gasteiger partial charge >= 0.3 is 0 Å². The van der Waals surface area contributed by atoms with Crippen LogP contribution in [-0.4, -0.2) is 19.4 Å². The maximum Gasteiger partial charge on any atom is 0.177 e. The number of likely N-dealkylation sites (N-methyl/N-ethyl adjacent to an activating group) is 1. The average molecular weight is 260 g/mol. The van der Waals surface area contributed by atoms with E-state index in [0.29, 0.717) is 11.1 Å². The lowest BCUT2D eigenvalue weighted by Gasteiger charge is -2.05. The van der Waals surface area contributed by atoms with Gasteiger partial charge in [0, 0.05) is 5.56 Å². The maximum absolute atomic E-state index is 13.4. The molecule has 1 aromatic rings. The smallest absolute Gasteiger partial charge is 0.177 e. The van der Waals surface area contributed by atoms with Gasteiger partial charge in [-0.05, 0) is 41.5 Å². The van der Waals surface area contributed by atoms with Gasteiger partial charge in [-0.15, -0.1) is 0 Å². The van der Waals surface area contributed by atoms with Crippen LogP contribution in [0.25, 0.3) is 0 Å². The van der Waals surface area contributed by atoms with Crippen LogP contribution < -0.4 is 5.32 Å². The Balaban J connectivity index is 3.11. The maximum atomic E-state index is 13.4. The summed E-state index contributed by atoms with van der Waals surface area (Å²) in [6, 6.07) is 3.23. The molecule has 0 unspecified atom stereocenters. The first kappa shape index (κ1) is 11.3. The number of hydrogen-bond donors (Lipinski definition) is 1. The van der Waals surface area contributed by atoms with Gasteiger partial charge in [0.1, 0.15) is 5.82 Å². The molecule has 0 amide bonds. The summed E-state index contributed by atoms with van der Waals surface area (Å²) in [7, 11) is 1.68. The summed E-state index contributed by atoms with van der Waals surface area (Å²) in [5, 5.41) is 2.73. The Morgan fingerprint density at radius 3 is 2.79 bits per heavy atom. The van der Waals surface area contributed by atoms with Gasteiger partial charge in [-0.1, -0.05) is 6.07 Å². The van der Waals surface area contributed by atoms with Gasteiger partial charge in [0.2, 0.25) is 0 Å². The Morgan fingerprint density at radius 2 is 2.21 bits per heavy atom. The Hall–Kier alpha value is -0.740. The van der Waals surface area contributed by atoms with Crippen LogP contribution in [0.5, 0.6) is 0 Å². The zero-order chi connectivity index (χ0) is 10.7. The van der Waals surface area contributed by atoms with Crippen molar-refractivity contribution in [1.82, 2.24) is 5.32 Å². The highest BCUT2D eigenvalue weighted by Crippen LogP contribution is 2.23. The van der Waals surface area contributed by atoms with E-state index in [1.54, 1.807) is 26.1 Å². The first-order valence-corrected chi connectivity index (χ1v) is 4.99. The van der Waals surface area contributed by atoms with Crippen molar-refractivity contribution in [2.45, 2.75) is 6.92 Å². The quantitative estimate of drug-likeness (QED) is 0.845. The molecule has 1 rings (SSSR count).